The monoisotopic (exact) mass is 231 g/mol. The molecule has 1 fully saturated rings. The number of hydrogen-bond donors (Lipinski definition) is 2. The van der Waals surface area contributed by atoms with E-state index < -0.39 is 0 Å². The maximum atomic E-state index is 6.09. The van der Waals surface area contributed by atoms with E-state index in [0.717, 1.165) is 23.9 Å². The van der Waals surface area contributed by atoms with Crippen molar-refractivity contribution in [2.75, 3.05) is 5.32 Å². The summed E-state index contributed by atoms with van der Waals surface area (Å²) in [6, 6.07) is 8.87. The molecular formula is C13H17N3O. The van der Waals surface area contributed by atoms with E-state index in [1.807, 2.05) is 24.3 Å². The maximum absolute atomic E-state index is 6.09. The fraction of sp³-hybridized carbons (Fsp3) is 0.462. The van der Waals surface area contributed by atoms with Crippen LogP contribution in [0, 0.1) is 0 Å². The summed E-state index contributed by atoms with van der Waals surface area (Å²) in [6.07, 6.45) is 4.64. The Bertz CT molecular complexity index is 475. The summed E-state index contributed by atoms with van der Waals surface area (Å²) in [6.45, 7) is 0. The lowest BCUT2D eigenvalue weighted by molar-refractivity contribution is 0.396. The van der Waals surface area contributed by atoms with Crippen molar-refractivity contribution in [2.45, 2.75) is 37.8 Å². The second-order valence-corrected chi connectivity index (χ2v) is 4.69. The minimum absolute atomic E-state index is 0.207. The molecule has 3 rings (SSSR count). The van der Waals surface area contributed by atoms with E-state index >= 15 is 0 Å². The number of nitrogens with zero attached hydrogens (tertiary/aromatic N) is 1. The van der Waals surface area contributed by atoms with Gasteiger partial charge < -0.3 is 15.5 Å². The molecule has 0 radical (unpaired) electrons. The minimum atomic E-state index is 0.207. The molecular weight excluding hydrogens is 214 g/mol. The number of benzene rings is 1. The van der Waals surface area contributed by atoms with Crippen LogP contribution in [-0.4, -0.2) is 17.1 Å². The summed E-state index contributed by atoms with van der Waals surface area (Å²) >= 11 is 0. The number of anilines is 1. The first-order valence-electron chi connectivity index (χ1n) is 6.20. The van der Waals surface area contributed by atoms with Gasteiger partial charge in [0.2, 0.25) is 0 Å². The van der Waals surface area contributed by atoms with Crippen LogP contribution in [0.15, 0.2) is 28.7 Å². The van der Waals surface area contributed by atoms with Gasteiger partial charge in [0.15, 0.2) is 5.58 Å². The van der Waals surface area contributed by atoms with Crippen LogP contribution in [0.5, 0.6) is 0 Å². The number of hydrogen-bond acceptors (Lipinski definition) is 4. The first kappa shape index (κ1) is 10.6. The summed E-state index contributed by atoms with van der Waals surface area (Å²) in [5.41, 5.74) is 7.80. The van der Waals surface area contributed by atoms with Crippen LogP contribution in [0.3, 0.4) is 0 Å². The van der Waals surface area contributed by atoms with Gasteiger partial charge in [-0.2, -0.15) is 4.98 Å². The normalized spacial score (nSPS) is 25.0. The number of nitrogens with one attached hydrogen (secondary N) is 1. The van der Waals surface area contributed by atoms with E-state index in [1.54, 1.807) is 0 Å². The Hall–Kier alpha value is -1.55. The molecule has 3 N–H and O–H groups in total. The molecule has 2 atom stereocenters. The fourth-order valence-corrected chi connectivity index (χ4v) is 2.43. The van der Waals surface area contributed by atoms with E-state index in [0.29, 0.717) is 6.01 Å². The Balaban J connectivity index is 1.79. The highest BCUT2D eigenvalue weighted by atomic mass is 16.4. The SMILES string of the molecule is N[C@H]1CCCC[C@@H]1Nc1nc2ccccc2o1. The van der Waals surface area contributed by atoms with E-state index in [-0.39, 0.29) is 12.1 Å². The molecule has 17 heavy (non-hydrogen) atoms. The number of nitrogens with two attached hydrogens (primary N) is 1. The lowest BCUT2D eigenvalue weighted by atomic mass is 9.91. The van der Waals surface area contributed by atoms with Crippen LogP contribution < -0.4 is 11.1 Å². The zero-order valence-electron chi connectivity index (χ0n) is 9.73. The third-order valence-electron chi connectivity index (χ3n) is 3.42. The number of oxazole rings is 1. The highest BCUT2D eigenvalue weighted by Crippen LogP contribution is 2.23. The Kier molecular flexibility index (Phi) is 2.73. The highest BCUT2D eigenvalue weighted by Gasteiger charge is 2.22. The number of aromatic nitrogens is 1. The molecule has 1 aliphatic carbocycles. The van der Waals surface area contributed by atoms with Gasteiger partial charge in [0.1, 0.15) is 5.52 Å². The van der Waals surface area contributed by atoms with Gasteiger partial charge in [-0.05, 0) is 25.0 Å². The third-order valence-corrected chi connectivity index (χ3v) is 3.42. The van der Waals surface area contributed by atoms with Crippen LogP contribution in [0.2, 0.25) is 0 Å². The standard InChI is InChI=1S/C13H17N3O/c14-9-5-1-2-6-10(9)15-13-16-11-7-3-4-8-12(11)17-13/h3-4,7-10H,1-2,5-6,14H2,(H,15,16)/t9-,10-/m0/s1. The first-order valence-corrected chi connectivity index (χ1v) is 6.20. The Morgan fingerprint density at radius 1 is 1.24 bits per heavy atom. The molecule has 0 aliphatic heterocycles. The van der Waals surface area contributed by atoms with Crippen LogP contribution in [0.1, 0.15) is 25.7 Å². The predicted molar refractivity (Wildman–Crippen MR) is 67.9 cm³/mol. The smallest absolute Gasteiger partial charge is 0.295 e. The summed E-state index contributed by atoms with van der Waals surface area (Å²) in [5.74, 6) is 0. The second kappa shape index (κ2) is 4.37. The Labute approximate surface area is 100 Å². The molecule has 0 bridgehead atoms. The van der Waals surface area contributed by atoms with Crippen molar-refractivity contribution in [3.05, 3.63) is 24.3 Å². The molecule has 1 aromatic heterocycles. The van der Waals surface area contributed by atoms with E-state index in [4.69, 9.17) is 10.2 Å². The van der Waals surface area contributed by atoms with Crippen molar-refractivity contribution in [1.29, 1.82) is 0 Å². The predicted octanol–water partition coefficient (Wildman–Crippen LogP) is 2.51. The lowest BCUT2D eigenvalue weighted by Gasteiger charge is -2.28. The van der Waals surface area contributed by atoms with Gasteiger partial charge >= 0.3 is 0 Å². The van der Waals surface area contributed by atoms with Gasteiger partial charge in [0, 0.05) is 12.1 Å². The van der Waals surface area contributed by atoms with Gasteiger partial charge in [-0.15, -0.1) is 0 Å². The number of rotatable bonds is 2. The number of fused-ring (bicyclic) bond motifs is 1. The molecule has 2 aromatic rings. The topological polar surface area (TPSA) is 64.1 Å². The van der Waals surface area contributed by atoms with Gasteiger partial charge in [0.05, 0.1) is 0 Å². The summed E-state index contributed by atoms with van der Waals surface area (Å²) < 4.78 is 5.64. The van der Waals surface area contributed by atoms with Crippen molar-refractivity contribution in [3.8, 4) is 0 Å². The number of para-hydroxylation sites is 2. The second-order valence-electron chi connectivity index (χ2n) is 4.69. The zero-order chi connectivity index (χ0) is 11.7. The Morgan fingerprint density at radius 2 is 2.06 bits per heavy atom. The average Bonchev–Trinajstić information content (AvgIpc) is 2.74. The quantitative estimate of drug-likeness (QED) is 0.833. The Morgan fingerprint density at radius 3 is 2.88 bits per heavy atom. The lowest BCUT2D eigenvalue weighted by Crippen LogP contribution is -2.42. The highest BCUT2D eigenvalue weighted by molar-refractivity contribution is 5.74. The molecule has 4 nitrogen and oxygen atoms in total. The fourth-order valence-electron chi connectivity index (χ4n) is 2.43. The van der Waals surface area contributed by atoms with Crippen LogP contribution in [0.4, 0.5) is 6.01 Å². The zero-order valence-corrected chi connectivity index (χ0v) is 9.73. The largest absolute Gasteiger partial charge is 0.424 e. The molecule has 0 amide bonds. The summed E-state index contributed by atoms with van der Waals surface area (Å²) in [4.78, 5) is 4.41. The maximum Gasteiger partial charge on any atom is 0.295 e. The molecule has 1 aromatic carbocycles. The molecule has 4 heteroatoms. The molecule has 0 spiro atoms. The minimum Gasteiger partial charge on any atom is -0.424 e. The van der Waals surface area contributed by atoms with Crippen molar-refractivity contribution in [3.63, 3.8) is 0 Å². The molecule has 90 valence electrons. The van der Waals surface area contributed by atoms with Crippen molar-refractivity contribution in [1.82, 2.24) is 4.98 Å². The van der Waals surface area contributed by atoms with Gasteiger partial charge in [-0.25, -0.2) is 0 Å². The van der Waals surface area contributed by atoms with Crippen molar-refractivity contribution < 1.29 is 4.42 Å². The van der Waals surface area contributed by atoms with Crippen LogP contribution in [-0.2, 0) is 0 Å². The average molecular weight is 231 g/mol. The molecule has 1 heterocycles. The van der Waals surface area contributed by atoms with Crippen molar-refractivity contribution >= 4 is 17.1 Å². The van der Waals surface area contributed by atoms with E-state index in [1.165, 1.54) is 12.8 Å². The first-order chi connectivity index (χ1) is 8.33. The summed E-state index contributed by atoms with van der Waals surface area (Å²) in [5, 5.41) is 3.32. The summed E-state index contributed by atoms with van der Waals surface area (Å²) in [7, 11) is 0. The van der Waals surface area contributed by atoms with Gasteiger partial charge in [0.25, 0.3) is 6.01 Å². The molecule has 1 aliphatic rings. The molecule has 0 saturated heterocycles. The third kappa shape index (κ3) is 2.13. The van der Waals surface area contributed by atoms with Crippen LogP contribution >= 0.6 is 0 Å². The van der Waals surface area contributed by atoms with Gasteiger partial charge in [-0.3, -0.25) is 0 Å². The van der Waals surface area contributed by atoms with Gasteiger partial charge in [-0.1, -0.05) is 25.0 Å². The van der Waals surface area contributed by atoms with Crippen LogP contribution in [0.25, 0.3) is 11.1 Å². The molecule has 1 saturated carbocycles. The molecule has 0 unspecified atom stereocenters. The van der Waals surface area contributed by atoms with Crippen molar-refractivity contribution in [2.24, 2.45) is 5.73 Å². The van der Waals surface area contributed by atoms with E-state index in [2.05, 4.69) is 10.3 Å². The van der Waals surface area contributed by atoms with E-state index in [9.17, 15) is 0 Å².